The summed E-state index contributed by atoms with van der Waals surface area (Å²) in [6.45, 7) is 6.57. The molecule has 3 rings (SSSR count). The fourth-order valence-electron chi connectivity index (χ4n) is 3.88. The second-order valence-electron chi connectivity index (χ2n) is 7.33. The van der Waals surface area contributed by atoms with Gasteiger partial charge in [-0.2, -0.15) is 4.98 Å². The fourth-order valence-corrected chi connectivity index (χ4v) is 3.88. The quantitative estimate of drug-likeness (QED) is 0.820. The standard InChI is InChI=1S/C18H26N4O3/c1-10-14(11(2)20-18(25)19-10)6-7-17(24)21-16-9-22(12(3)23)8-15(16)13-4-5-13/h13,15-16H,4-9H2,1-3H3,(H,21,24)(H,19,20,25)/t15-,16+/m0/s1. The number of carbonyl (C=O) groups excluding carboxylic acids is 2. The van der Waals surface area contributed by atoms with Gasteiger partial charge in [0.15, 0.2) is 0 Å². The summed E-state index contributed by atoms with van der Waals surface area (Å²) in [4.78, 5) is 43.8. The molecule has 1 aromatic heterocycles. The Balaban J connectivity index is 1.59. The fraction of sp³-hybridized carbons (Fsp3) is 0.667. The summed E-state index contributed by atoms with van der Waals surface area (Å²) in [5.41, 5.74) is 2.01. The van der Waals surface area contributed by atoms with E-state index in [4.69, 9.17) is 0 Å². The van der Waals surface area contributed by atoms with Crippen molar-refractivity contribution in [2.24, 2.45) is 11.8 Å². The Morgan fingerprint density at radius 3 is 2.60 bits per heavy atom. The lowest BCUT2D eigenvalue weighted by Crippen LogP contribution is -2.41. The number of aryl methyl sites for hydroxylation is 2. The highest BCUT2D eigenvalue weighted by Gasteiger charge is 2.43. The zero-order valence-electron chi connectivity index (χ0n) is 15.1. The number of likely N-dealkylation sites (tertiary alicyclic amines) is 1. The first-order chi connectivity index (χ1) is 11.8. The Morgan fingerprint density at radius 2 is 2.00 bits per heavy atom. The van der Waals surface area contributed by atoms with Crippen molar-refractivity contribution in [1.29, 1.82) is 0 Å². The number of nitrogens with zero attached hydrogens (tertiary/aromatic N) is 2. The van der Waals surface area contributed by atoms with Gasteiger partial charge in [-0.3, -0.25) is 9.59 Å². The van der Waals surface area contributed by atoms with Crippen LogP contribution in [0.4, 0.5) is 0 Å². The van der Waals surface area contributed by atoms with Crippen LogP contribution in [-0.2, 0) is 16.0 Å². The Hall–Kier alpha value is -2.18. The minimum atomic E-state index is -0.356. The molecule has 2 N–H and O–H groups in total. The summed E-state index contributed by atoms with van der Waals surface area (Å²) in [6.07, 6.45) is 3.29. The predicted molar refractivity (Wildman–Crippen MR) is 93.1 cm³/mol. The molecule has 0 radical (unpaired) electrons. The summed E-state index contributed by atoms with van der Waals surface area (Å²) < 4.78 is 0. The molecule has 0 aromatic carbocycles. The van der Waals surface area contributed by atoms with Crippen molar-refractivity contribution in [3.63, 3.8) is 0 Å². The normalized spacial score (nSPS) is 22.9. The Morgan fingerprint density at radius 1 is 1.28 bits per heavy atom. The molecular formula is C18H26N4O3. The summed E-state index contributed by atoms with van der Waals surface area (Å²) in [6, 6.07) is 0.0554. The highest BCUT2D eigenvalue weighted by atomic mass is 16.2. The molecule has 25 heavy (non-hydrogen) atoms. The molecule has 0 unspecified atom stereocenters. The van der Waals surface area contributed by atoms with Crippen LogP contribution >= 0.6 is 0 Å². The summed E-state index contributed by atoms with van der Waals surface area (Å²) in [7, 11) is 0. The summed E-state index contributed by atoms with van der Waals surface area (Å²) >= 11 is 0. The second-order valence-corrected chi connectivity index (χ2v) is 7.33. The van der Waals surface area contributed by atoms with Crippen molar-refractivity contribution >= 4 is 11.8 Å². The maximum absolute atomic E-state index is 12.4. The first kappa shape index (κ1) is 17.6. The molecular weight excluding hydrogens is 320 g/mol. The van der Waals surface area contributed by atoms with E-state index in [1.807, 2.05) is 11.8 Å². The number of aromatic nitrogens is 2. The van der Waals surface area contributed by atoms with Crippen LogP contribution in [0, 0.1) is 25.7 Å². The molecule has 7 heteroatoms. The van der Waals surface area contributed by atoms with E-state index < -0.39 is 0 Å². The van der Waals surface area contributed by atoms with Crippen LogP contribution < -0.4 is 11.0 Å². The molecule has 1 aromatic rings. The third-order valence-corrected chi connectivity index (χ3v) is 5.44. The summed E-state index contributed by atoms with van der Waals surface area (Å²) in [5.74, 6) is 1.09. The average molecular weight is 346 g/mol. The van der Waals surface area contributed by atoms with Gasteiger partial charge in [-0.25, -0.2) is 4.79 Å². The van der Waals surface area contributed by atoms with Crippen LogP contribution in [0.5, 0.6) is 0 Å². The van der Waals surface area contributed by atoms with Crippen molar-refractivity contribution in [2.45, 2.75) is 52.5 Å². The van der Waals surface area contributed by atoms with Crippen LogP contribution in [0.25, 0.3) is 0 Å². The minimum absolute atomic E-state index is 0.00829. The molecule has 0 spiro atoms. The van der Waals surface area contributed by atoms with Gasteiger partial charge in [0.25, 0.3) is 0 Å². The molecule has 136 valence electrons. The number of nitrogens with one attached hydrogen (secondary N) is 2. The van der Waals surface area contributed by atoms with Gasteiger partial charge in [0.2, 0.25) is 11.8 Å². The molecule has 0 bridgehead atoms. The van der Waals surface area contributed by atoms with E-state index in [2.05, 4.69) is 15.3 Å². The SMILES string of the molecule is CC(=O)N1C[C@@H](NC(=O)CCc2c(C)nc(=O)[nH]c2C)[C@H](C2CC2)C1. The highest BCUT2D eigenvalue weighted by molar-refractivity contribution is 5.77. The highest BCUT2D eigenvalue weighted by Crippen LogP contribution is 2.41. The number of hydrogen-bond acceptors (Lipinski definition) is 4. The molecule has 1 aliphatic carbocycles. The Kier molecular flexibility index (Phi) is 4.92. The third-order valence-electron chi connectivity index (χ3n) is 5.44. The molecule has 1 aliphatic heterocycles. The van der Waals surface area contributed by atoms with Crippen molar-refractivity contribution in [3.8, 4) is 0 Å². The first-order valence-electron chi connectivity index (χ1n) is 8.96. The number of aromatic amines is 1. The average Bonchev–Trinajstić information content (AvgIpc) is 3.27. The Bertz CT molecular complexity index is 712. The van der Waals surface area contributed by atoms with E-state index in [1.165, 1.54) is 12.8 Å². The monoisotopic (exact) mass is 346 g/mol. The van der Waals surface area contributed by atoms with Gasteiger partial charge in [0.05, 0.1) is 6.04 Å². The zero-order chi connectivity index (χ0) is 18.1. The second kappa shape index (κ2) is 6.98. The molecule has 1 saturated carbocycles. The van der Waals surface area contributed by atoms with E-state index in [9.17, 15) is 14.4 Å². The summed E-state index contributed by atoms with van der Waals surface area (Å²) in [5, 5.41) is 3.13. The zero-order valence-corrected chi connectivity index (χ0v) is 15.1. The largest absolute Gasteiger partial charge is 0.351 e. The van der Waals surface area contributed by atoms with Crippen molar-refractivity contribution in [3.05, 3.63) is 27.4 Å². The minimum Gasteiger partial charge on any atom is -0.351 e. The van der Waals surface area contributed by atoms with Crippen molar-refractivity contribution < 1.29 is 9.59 Å². The number of hydrogen-bond donors (Lipinski definition) is 2. The van der Waals surface area contributed by atoms with Gasteiger partial charge in [-0.15, -0.1) is 0 Å². The van der Waals surface area contributed by atoms with Crippen molar-refractivity contribution in [1.82, 2.24) is 20.2 Å². The lowest BCUT2D eigenvalue weighted by molar-refractivity contribution is -0.128. The molecule has 2 amide bonds. The molecule has 2 heterocycles. The van der Waals surface area contributed by atoms with Crippen LogP contribution in [-0.4, -0.2) is 45.8 Å². The number of carbonyl (C=O) groups is 2. The first-order valence-corrected chi connectivity index (χ1v) is 8.96. The molecule has 1 saturated heterocycles. The molecule has 2 fully saturated rings. The molecule has 2 atom stereocenters. The van der Waals surface area contributed by atoms with Crippen LogP contribution in [0.2, 0.25) is 0 Å². The van der Waals surface area contributed by atoms with Gasteiger partial charge in [0.1, 0.15) is 0 Å². The lowest BCUT2D eigenvalue weighted by Gasteiger charge is -2.19. The van der Waals surface area contributed by atoms with E-state index in [0.717, 1.165) is 17.8 Å². The predicted octanol–water partition coefficient (Wildman–Crippen LogP) is 0.692. The van der Waals surface area contributed by atoms with Gasteiger partial charge in [-0.1, -0.05) is 0 Å². The van der Waals surface area contributed by atoms with Gasteiger partial charge < -0.3 is 15.2 Å². The van der Waals surface area contributed by atoms with E-state index >= 15 is 0 Å². The van der Waals surface area contributed by atoms with Crippen LogP contribution in [0.15, 0.2) is 4.79 Å². The van der Waals surface area contributed by atoms with Crippen LogP contribution in [0.1, 0.15) is 43.1 Å². The number of H-pyrrole nitrogens is 1. The Labute approximate surface area is 147 Å². The number of rotatable bonds is 5. The lowest BCUT2D eigenvalue weighted by atomic mass is 9.97. The smallest absolute Gasteiger partial charge is 0.345 e. The van der Waals surface area contributed by atoms with Gasteiger partial charge in [-0.05, 0) is 44.6 Å². The maximum atomic E-state index is 12.4. The topological polar surface area (TPSA) is 95.2 Å². The maximum Gasteiger partial charge on any atom is 0.345 e. The van der Waals surface area contributed by atoms with E-state index in [-0.39, 0.29) is 23.5 Å². The third kappa shape index (κ3) is 4.08. The van der Waals surface area contributed by atoms with Gasteiger partial charge >= 0.3 is 5.69 Å². The van der Waals surface area contributed by atoms with Crippen molar-refractivity contribution in [2.75, 3.05) is 13.1 Å². The van der Waals surface area contributed by atoms with E-state index in [0.29, 0.717) is 36.9 Å². The van der Waals surface area contributed by atoms with E-state index in [1.54, 1.807) is 13.8 Å². The van der Waals surface area contributed by atoms with Crippen LogP contribution in [0.3, 0.4) is 0 Å². The molecule has 7 nitrogen and oxygen atoms in total. The number of amides is 2. The van der Waals surface area contributed by atoms with Gasteiger partial charge in [0, 0.05) is 43.7 Å². The molecule has 2 aliphatic rings.